The topological polar surface area (TPSA) is 90.0 Å². The minimum atomic E-state index is -3.76. The third-order valence-corrected chi connectivity index (χ3v) is 7.27. The molecule has 31 heavy (non-hydrogen) atoms. The first kappa shape index (κ1) is 20.9. The van der Waals surface area contributed by atoms with Gasteiger partial charge in [-0.3, -0.25) is 14.3 Å². The fourth-order valence-electron chi connectivity index (χ4n) is 3.95. The third kappa shape index (κ3) is 3.75. The molecular weight excluding hydrogens is 414 g/mol. The van der Waals surface area contributed by atoms with Crippen molar-refractivity contribution >= 4 is 44.2 Å². The predicted molar refractivity (Wildman–Crippen MR) is 122 cm³/mol. The van der Waals surface area contributed by atoms with E-state index in [9.17, 15) is 13.2 Å². The number of amides is 1. The predicted octanol–water partition coefficient (Wildman–Crippen LogP) is 3.18. The summed E-state index contributed by atoms with van der Waals surface area (Å²) in [5, 5.41) is 10.2. The molecule has 0 aliphatic carbocycles. The van der Waals surface area contributed by atoms with Crippen LogP contribution in [0.4, 0.5) is 11.4 Å². The molecule has 0 saturated carbocycles. The molecule has 0 saturated heterocycles. The van der Waals surface area contributed by atoms with Crippen molar-refractivity contribution in [3.8, 4) is 0 Å². The standard InChI is InChI=1S/C23H23N3O4S/c1-25(2)21-7-3-6-19-18(21)5-4-8-22(19)31(29,30)26-14-13-17-15-16(9-11-20(17)26)10-12-23(27)24-28/h3-12,15,28H,13-14H2,1-2H3,(H,24,27)/b12-10+. The van der Waals surface area contributed by atoms with Crippen molar-refractivity contribution in [2.24, 2.45) is 0 Å². The van der Waals surface area contributed by atoms with Crippen LogP contribution in [0.1, 0.15) is 11.1 Å². The number of sulfonamides is 1. The second kappa shape index (κ2) is 8.05. The Morgan fingerprint density at radius 2 is 1.84 bits per heavy atom. The number of nitrogens with zero attached hydrogens (tertiary/aromatic N) is 2. The lowest BCUT2D eigenvalue weighted by Crippen LogP contribution is -2.29. The number of hydrogen-bond donors (Lipinski definition) is 2. The van der Waals surface area contributed by atoms with Gasteiger partial charge in [0.05, 0.1) is 10.6 Å². The van der Waals surface area contributed by atoms with Gasteiger partial charge in [-0.15, -0.1) is 0 Å². The van der Waals surface area contributed by atoms with Crippen LogP contribution in [-0.2, 0) is 21.2 Å². The summed E-state index contributed by atoms with van der Waals surface area (Å²) in [5.41, 5.74) is 4.79. The minimum Gasteiger partial charge on any atom is -0.377 e. The van der Waals surface area contributed by atoms with Crippen molar-refractivity contribution in [1.82, 2.24) is 5.48 Å². The van der Waals surface area contributed by atoms with E-state index in [2.05, 4.69) is 0 Å². The minimum absolute atomic E-state index is 0.283. The summed E-state index contributed by atoms with van der Waals surface area (Å²) in [6, 6.07) is 16.4. The van der Waals surface area contributed by atoms with Gasteiger partial charge in [0.25, 0.3) is 15.9 Å². The van der Waals surface area contributed by atoms with Crippen LogP contribution in [0.15, 0.2) is 65.6 Å². The normalized spacial score (nSPS) is 13.6. The molecule has 2 N–H and O–H groups in total. The van der Waals surface area contributed by atoms with Gasteiger partial charge in [-0.1, -0.05) is 30.3 Å². The Balaban J connectivity index is 1.75. The number of fused-ring (bicyclic) bond motifs is 2. The number of carbonyl (C=O) groups is 1. The lowest BCUT2D eigenvalue weighted by Gasteiger charge is -2.22. The molecule has 1 aliphatic heterocycles. The molecule has 1 aliphatic rings. The molecule has 1 heterocycles. The maximum absolute atomic E-state index is 13.6. The van der Waals surface area contributed by atoms with Crippen molar-refractivity contribution < 1.29 is 18.4 Å². The molecule has 0 radical (unpaired) electrons. The number of hydroxylamine groups is 1. The number of rotatable bonds is 5. The van der Waals surface area contributed by atoms with Crippen molar-refractivity contribution in [3.05, 3.63) is 71.8 Å². The summed E-state index contributed by atoms with van der Waals surface area (Å²) < 4.78 is 28.7. The van der Waals surface area contributed by atoms with Gasteiger partial charge in [0.2, 0.25) is 0 Å². The van der Waals surface area contributed by atoms with E-state index < -0.39 is 15.9 Å². The molecule has 0 atom stereocenters. The largest absolute Gasteiger partial charge is 0.377 e. The zero-order valence-electron chi connectivity index (χ0n) is 17.2. The zero-order chi connectivity index (χ0) is 22.2. The molecule has 3 aromatic rings. The van der Waals surface area contributed by atoms with E-state index in [1.54, 1.807) is 35.8 Å². The first-order chi connectivity index (χ1) is 14.8. The zero-order valence-corrected chi connectivity index (χ0v) is 18.1. The molecule has 0 spiro atoms. The highest BCUT2D eigenvalue weighted by Gasteiger charge is 2.32. The highest BCUT2D eigenvalue weighted by atomic mass is 32.2. The molecule has 0 aromatic heterocycles. The van der Waals surface area contributed by atoms with Crippen LogP contribution in [0.5, 0.6) is 0 Å². The van der Waals surface area contributed by atoms with Gasteiger partial charge in [0.15, 0.2) is 0 Å². The molecule has 4 rings (SSSR count). The molecule has 8 heteroatoms. The second-order valence-corrected chi connectivity index (χ2v) is 9.38. The first-order valence-corrected chi connectivity index (χ1v) is 11.2. The van der Waals surface area contributed by atoms with E-state index in [1.807, 2.05) is 49.3 Å². The second-order valence-electron chi connectivity index (χ2n) is 7.55. The quantitative estimate of drug-likeness (QED) is 0.364. The summed E-state index contributed by atoms with van der Waals surface area (Å²) in [5.74, 6) is -0.627. The van der Waals surface area contributed by atoms with Gasteiger partial charge in [0.1, 0.15) is 0 Å². The average Bonchev–Trinajstić information content (AvgIpc) is 3.20. The van der Waals surface area contributed by atoms with Gasteiger partial charge in [-0.2, -0.15) is 0 Å². The van der Waals surface area contributed by atoms with Crippen molar-refractivity contribution in [2.75, 3.05) is 29.8 Å². The number of anilines is 2. The molecule has 160 valence electrons. The molecular formula is C23H23N3O4S. The smallest absolute Gasteiger partial charge is 0.267 e. The van der Waals surface area contributed by atoms with Crippen LogP contribution in [-0.4, -0.2) is 40.2 Å². The van der Waals surface area contributed by atoms with E-state index in [4.69, 9.17) is 5.21 Å². The number of nitrogens with one attached hydrogen (secondary N) is 1. The number of benzene rings is 3. The number of hydrogen-bond acceptors (Lipinski definition) is 5. The lowest BCUT2D eigenvalue weighted by molar-refractivity contribution is -0.124. The Morgan fingerprint density at radius 1 is 1.10 bits per heavy atom. The maximum Gasteiger partial charge on any atom is 0.267 e. The van der Waals surface area contributed by atoms with E-state index in [0.29, 0.717) is 24.0 Å². The Kier molecular flexibility index (Phi) is 5.43. The molecule has 0 fully saturated rings. The fraction of sp³-hybridized carbons (Fsp3) is 0.174. The number of carbonyl (C=O) groups excluding carboxylic acids is 1. The van der Waals surface area contributed by atoms with Gasteiger partial charge < -0.3 is 4.90 Å². The van der Waals surface area contributed by atoms with Crippen molar-refractivity contribution in [3.63, 3.8) is 0 Å². The highest BCUT2D eigenvalue weighted by molar-refractivity contribution is 7.93. The molecule has 0 bridgehead atoms. The highest BCUT2D eigenvalue weighted by Crippen LogP contribution is 2.37. The Hall–Kier alpha value is -3.36. The third-order valence-electron chi connectivity index (χ3n) is 5.40. The van der Waals surface area contributed by atoms with Crippen LogP contribution < -0.4 is 14.7 Å². The molecule has 7 nitrogen and oxygen atoms in total. The van der Waals surface area contributed by atoms with Crippen LogP contribution in [0, 0.1) is 0 Å². The summed E-state index contributed by atoms with van der Waals surface area (Å²) in [4.78, 5) is 13.4. The van der Waals surface area contributed by atoms with E-state index >= 15 is 0 Å². The molecule has 0 unspecified atom stereocenters. The van der Waals surface area contributed by atoms with Gasteiger partial charge in [0, 0.05) is 43.2 Å². The monoisotopic (exact) mass is 437 g/mol. The van der Waals surface area contributed by atoms with E-state index in [0.717, 1.165) is 22.2 Å². The maximum atomic E-state index is 13.6. The van der Waals surface area contributed by atoms with Crippen LogP contribution in [0.3, 0.4) is 0 Å². The van der Waals surface area contributed by atoms with Crippen molar-refractivity contribution in [1.29, 1.82) is 0 Å². The summed E-state index contributed by atoms with van der Waals surface area (Å²) in [7, 11) is 0.103. The van der Waals surface area contributed by atoms with E-state index in [1.165, 1.54) is 10.4 Å². The Bertz CT molecular complexity index is 1300. The average molecular weight is 438 g/mol. The Morgan fingerprint density at radius 3 is 2.58 bits per heavy atom. The summed E-state index contributed by atoms with van der Waals surface area (Å²) in [6.45, 7) is 0.353. The van der Waals surface area contributed by atoms with Crippen LogP contribution >= 0.6 is 0 Å². The fourth-order valence-corrected chi connectivity index (χ4v) is 5.66. The molecule has 1 amide bonds. The van der Waals surface area contributed by atoms with Crippen LogP contribution in [0.25, 0.3) is 16.8 Å². The summed E-state index contributed by atoms with van der Waals surface area (Å²) >= 11 is 0. The van der Waals surface area contributed by atoms with Gasteiger partial charge in [-0.05, 0) is 47.9 Å². The lowest BCUT2D eigenvalue weighted by atomic mass is 10.1. The van der Waals surface area contributed by atoms with Gasteiger partial charge >= 0.3 is 0 Å². The SMILES string of the molecule is CN(C)c1cccc2c(S(=O)(=O)N3CCc4cc(/C=C/C(=O)NO)ccc43)cccc12. The van der Waals surface area contributed by atoms with Crippen molar-refractivity contribution in [2.45, 2.75) is 11.3 Å². The summed E-state index contributed by atoms with van der Waals surface area (Å²) in [6.07, 6.45) is 3.36. The molecule has 3 aromatic carbocycles. The van der Waals surface area contributed by atoms with E-state index in [-0.39, 0.29) is 4.90 Å². The van der Waals surface area contributed by atoms with Gasteiger partial charge in [-0.25, -0.2) is 13.9 Å². The Labute approximate surface area is 181 Å². The van der Waals surface area contributed by atoms with Crippen LogP contribution in [0.2, 0.25) is 0 Å². The first-order valence-electron chi connectivity index (χ1n) is 9.80.